The van der Waals surface area contributed by atoms with Gasteiger partial charge in [0.25, 0.3) is 0 Å². The van der Waals surface area contributed by atoms with E-state index < -0.39 is 0 Å². The molecule has 0 unspecified atom stereocenters. The molecule has 76 valence electrons. The van der Waals surface area contributed by atoms with E-state index in [1.54, 1.807) is 7.11 Å². The summed E-state index contributed by atoms with van der Waals surface area (Å²) in [5, 5.41) is 9.01. The van der Waals surface area contributed by atoms with Crippen LogP contribution in [0.15, 0.2) is 21.6 Å². The lowest BCUT2D eigenvalue weighted by atomic mass is 10.1. The molecule has 1 aromatic rings. The Bertz CT molecular complexity index is 344. The molecular weight excluding hydrogens is 312 g/mol. The molecule has 0 aliphatic heterocycles. The Hall–Kier alpha value is -0.320. The Morgan fingerprint density at radius 3 is 2.71 bits per heavy atom. The van der Waals surface area contributed by atoms with Crippen LogP contribution in [0.5, 0.6) is 5.75 Å². The number of hydrogen-bond acceptors (Lipinski definition) is 2. The molecule has 0 saturated heterocycles. The van der Waals surface area contributed by atoms with Crippen molar-refractivity contribution in [3.05, 3.63) is 32.7 Å². The molecule has 1 rings (SSSR count). The molecule has 1 aromatic carbocycles. The van der Waals surface area contributed by atoms with E-state index in [-0.39, 0.29) is 6.61 Å². The number of methoxy groups -OCH3 is 1. The lowest BCUT2D eigenvalue weighted by molar-refractivity contribution is 0.274. The van der Waals surface area contributed by atoms with Crippen molar-refractivity contribution in [1.29, 1.82) is 0 Å². The van der Waals surface area contributed by atoms with Gasteiger partial charge < -0.3 is 9.84 Å². The molecule has 0 aliphatic rings. The molecule has 0 heterocycles. The maximum atomic E-state index is 9.01. The minimum absolute atomic E-state index is 0.0113. The molecule has 14 heavy (non-hydrogen) atoms. The average Bonchev–Trinajstić information content (AvgIpc) is 2.16. The van der Waals surface area contributed by atoms with Crippen molar-refractivity contribution >= 4 is 37.9 Å². The van der Waals surface area contributed by atoms with Gasteiger partial charge in [0, 0.05) is 5.56 Å². The summed E-state index contributed by atoms with van der Waals surface area (Å²) in [5.74, 6) is 0.697. The van der Waals surface area contributed by atoms with E-state index in [2.05, 4.69) is 31.9 Å². The van der Waals surface area contributed by atoms with Gasteiger partial charge >= 0.3 is 0 Å². The van der Waals surface area contributed by atoms with Crippen molar-refractivity contribution in [2.24, 2.45) is 0 Å². The highest BCUT2D eigenvalue weighted by atomic mass is 79.9. The smallest absolute Gasteiger partial charge is 0.124 e. The molecule has 0 radical (unpaired) electrons. The highest BCUT2D eigenvalue weighted by Crippen LogP contribution is 2.24. The largest absolute Gasteiger partial charge is 0.496 e. The monoisotopic (exact) mass is 320 g/mol. The molecular formula is C10H10Br2O2. The lowest BCUT2D eigenvalue weighted by Gasteiger charge is -2.06. The average molecular weight is 322 g/mol. The summed E-state index contributed by atoms with van der Waals surface area (Å²) in [4.78, 5) is 0. The van der Waals surface area contributed by atoms with Crippen molar-refractivity contribution in [3.8, 4) is 5.75 Å². The summed E-state index contributed by atoms with van der Waals surface area (Å²) in [6.45, 7) is -0.0113. The Morgan fingerprint density at radius 1 is 1.50 bits per heavy atom. The zero-order valence-corrected chi connectivity index (χ0v) is 10.8. The van der Waals surface area contributed by atoms with Crippen molar-refractivity contribution in [3.63, 3.8) is 0 Å². The highest BCUT2D eigenvalue weighted by molar-refractivity contribution is 9.28. The zero-order chi connectivity index (χ0) is 10.6. The molecule has 0 saturated carbocycles. The fraction of sp³-hybridized carbons (Fsp3) is 0.200. The number of rotatable bonds is 3. The minimum Gasteiger partial charge on any atom is -0.496 e. The SMILES string of the molecule is COc1cc(C=C(Br)Br)ccc1CO. The van der Waals surface area contributed by atoms with Crippen LogP contribution < -0.4 is 4.74 Å². The third kappa shape index (κ3) is 3.12. The van der Waals surface area contributed by atoms with E-state index in [1.807, 2.05) is 24.3 Å². The Kier molecular flexibility index (Phi) is 4.65. The van der Waals surface area contributed by atoms with Crippen LogP contribution in [-0.2, 0) is 6.61 Å². The first-order valence-corrected chi connectivity index (χ1v) is 5.56. The quantitative estimate of drug-likeness (QED) is 0.925. The van der Waals surface area contributed by atoms with Crippen molar-refractivity contribution in [1.82, 2.24) is 0 Å². The van der Waals surface area contributed by atoms with Gasteiger partial charge in [-0.2, -0.15) is 0 Å². The first-order valence-electron chi connectivity index (χ1n) is 3.98. The second-order valence-electron chi connectivity index (χ2n) is 2.66. The van der Waals surface area contributed by atoms with Gasteiger partial charge in [-0.25, -0.2) is 0 Å². The van der Waals surface area contributed by atoms with Gasteiger partial charge in [0.2, 0.25) is 0 Å². The van der Waals surface area contributed by atoms with Crippen molar-refractivity contribution in [2.45, 2.75) is 6.61 Å². The molecule has 4 heteroatoms. The second-order valence-corrected chi connectivity index (χ2v) is 5.44. The van der Waals surface area contributed by atoms with Crippen LogP contribution >= 0.6 is 31.9 Å². The number of hydrogen-bond donors (Lipinski definition) is 1. The van der Waals surface area contributed by atoms with Crippen LogP contribution in [0.25, 0.3) is 6.08 Å². The third-order valence-electron chi connectivity index (χ3n) is 1.76. The molecule has 0 fully saturated rings. The molecule has 0 aromatic heterocycles. The Morgan fingerprint density at radius 2 is 2.21 bits per heavy atom. The summed E-state index contributed by atoms with van der Waals surface area (Å²) >= 11 is 6.56. The highest BCUT2D eigenvalue weighted by Gasteiger charge is 2.01. The summed E-state index contributed by atoms with van der Waals surface area (Å²) in [7, 11) is 1.59. The predicted molar refractivity (Wildman–Crippen MR) is 64.7 cm³/mol. The fourth-order valence-corrected chi connectivity index (χ4v) is 1.64. The first kappa shape index (κ1) is 11.8. The number of halogens is 2. The fourth-order valence-electron chi connectivity index (χ4n) is 1.11. The van der Waals surface area contributed by atoms with Gasteiger partial charge in [0.05, 0.1) is 17.1 Å². The van der Waals surface area contributed by atoms with Gasteiger partial charge in [-0.15, -0.1) is 0 Å². The van der Waals surface area contributed by atoms with Crippen LogP contribution in [0.4, 0.5) is 0 Å². The Balaban J connectivity index is 3.07. The molecule has 0 bridgehead atoms. The summed E-state index contributed by atoms with van der Waals surface area (Å²) in [6, 6.07) is 5.62. The van der Waals surface area contributed by atoms with Crippen LogP contribution in [0.3, 0.4) is 0 Å². The van der Waals surface area contributed by atoms with Crippen molar-refractivity contribution < 1.29 is 9.84 Å². The van der Waals surface area contributed by atoms with Gasteiger partial charge in [0.1, 0.15) is 5.75 Å². The third-order valence-corrected chi connectivity index (χ3v) is 2.22. The van der Waals surface area contributed by atoms with Crippen LogP contribution in [0, 0.1) is 0 Å². The standard InChI is InChI=1S/C10H10Br2O2/c1-14-9-4-7(5-10(11)12)2-3-8(9)6-13/h2-5,13H,6H2,1H3. The first-order chi connectivity index (χ1) is 6.67. The molecule has 0 amide bonds. The molecule has 0 aliphatic carbocycles. The molecule has 0 spiro atoms. The van der Waals surface area contributed by atoms with Crippen LogP contribution in [0.1, 0.15) is 11.1 Å². The maximum absolute atomic E-state index is 9.01. The van der Waals surface area contributed by atoms with E-state index in [4.69, 9.17) is 9.84 Å². The van der Waals surface area contributed by atoms with Gasteiger partial charge in [-0.1, -0.05) is 12.1 Å². The van der Waals surface area contributed by atoms with Gasteiger partial charge in [0.15, 0.2) is 0 Å². The topological polar surface area (TPSA) is 29.5 Å². The molecule has 1 N–H and O–H groups in total. The van der Waals surface area contributed by atoms with E-state index in [0.29, 0.717) is 5.75 Å². The van der Waals surface area contributed by atoms with Crippen LogP contribution in [0.2, 0.25) is 0 Å². The molecule has 0 atom stereocenters. The Labute approximate surface area is 99.8 Å². The zero-order valence-electron chi connectivity index (χ0n) is 7.63. The van der Waals surface area contributed by atoms with E-state index in [1.165, 1.54) is 0 Å². The lowest BCUT2D eigenvalue weighted by Crippen LogP contribution is -1.91. The molecule has 2 nitrogen and oxygen atoms in total. The van der Waals surface area contributed by atoms with Crippen molar-refractivity contribution in [2.75, 3.05) is 7.11 Å². The maximum Gasteiger partial charge on any atom is 0.124 e. The van der Waals surface area contributed by atoms with Gasteiger partial charge in [-0.05, 0) is 49.6 Å². The van der Waals surface area contributed by atoms with E-state index >= 15 is 0 Å². The van der Waals surface area contributed by atoms with Gasteiger partial charge in [-0.3, -0.25) is 0 Å². The van der Waals surface area contributed by atoms with E-state index in [0.717, 1.165) is 14.5 Å². The number of aliphatic hydroxyl groups is 1. The number of ether oxygens (including phenoxy) is 1. The van der Waals surface area contributed by atoms with E-state index in [9.17, 15) is 0 Å². The summed E-state index contributed by atoms with van der Waals surface area (Å²) in [6.07, 6.45) is 1.91. The number of aliphatic hydroxyl groups excluding tert-OH is 1. The van der Waals surface area contributed by atoms with Crippen LogP contribution in [-0.4, -0.2) is 12.2 Å². The minimum atomic E-state index is -0.0113. The summed E-state index contributed by atoms with van der Waals surface area (Å²) in [5.41, 5.74) is 1.79. The summed E-state index contributed by atoms with van der Waals surface area (Å²) < 4.78 is 6.00. The number of benzene rings is 1. The normalized spacial score (nSPS) is 9.71. The second kappa shape index (κ2) is 5.53. The predicted octanol–water partition coefficient (Wildman–Crippen LogP) is 3.28.